The van der Waals surface area contributed by atoms with E-state index in [1.54, 1.807) is 26.2 Å². The Morgan fingerprint density at radius 1 is 1.32 bits per heavy atom. The summed E-state index contributed by atoms with van der Waals surface area (Å²) in [5, 5.41) is 0.334. The van der Waals surface area contributed by atoms with E-state index in [0.717, 1.165) is 6.20 Å². The predicted octanol–water partition coefficient (Wildman–Crippen LogP) is 3.47. The second-order valence-electron chi connectivity index (χ2n) is 6.85. The third kappa shape index (κ3) is 3.93. The number of aliphatic imine (C=N–C) groups is 1. The van der Waals surface area contributed by atoms with Crippen LogP contribution >= 0.6 is 11.8 Å². The maximum Gasteiger partial charge on any atom is 0.185 e. The quantitative estimate of drug-likeness (QED) is 0.771. The van der Waals surface area contributed by atoms with Gasteiger partial charge in [0.05, 0.1) is 12.3 Å². The van der Waals surface area contributed by atoms with Gasteiger partial charge in [-0.05, 0) is 36.8 Å². The summed E-state index contributed by atoms with van der Waals surface area (Å²) in [7, 11) is 1.56. The summed E-state index contributed by atoms with van der Waals surface area (Å²) < 4.78 is 33.4. The monoisotopic (exact) mass is 405 g/mol. The first kappa shape index (κ1) is 20.4. The van der Waals surface area contributed by atoms with E-state index in [-0.39, 0.29) is 23.1 Å². The Labute approximate surface area is 166 Å². The highest BCUT2D eigenvalue weighted by atomic mass is 32.2. The number of nitrogens with zero attached hydrogens (tertiary/aromatic N) is 2. The fourth-order valence-corrected chi connectivity index (χ4v) is 4.67. The van der Waals surface area contributed by atoms with Gasteiger partial charge in [-0.2, -0.15) is 0 Å². The van der Waals surface area contributed by atoms with Crippen molar-refractivity contribution in [3.8, 4) is 0 Å². The van der Waals surface area contributed by atoms with Crippen molar-refractivity contribution in [1.29, 1.82) is 0 Å². The molecular formula is C20H21F2N3O2S. The SMILES string of the molecule is CO[C@H]1[C@@H](C)SC(N)=N[C@]1(C)c1cc(CC(=O)c2ccc(F)cn2)ccc1F. The van der Waals surface area contributed by atoms with E-state index < -0.39 is 23.3 Å². The van der Waals surface area contributed by atoms with Crippen LogP contribution < -0.4 is 5.73 Å². The van der Waals surface area contributed by atoms with Gasteiger partial charge in [-0.25, -0.2) is 13.8 Å². The molecule has 0 fully saturated rings. The summed E-state index contributed by atoms with van der Waals surface area (Å²) in [6, 6.07) is 6.97. The average molecular weight is 405 g/mol. The molecule has 3 rings (SSSR count). The number of benzene rings is 1. The number of rotatable bonds is 5. The van der Waals surface area contributed by atoms with Crippen LogP contribution in [0.25, 0.3) is 0 Å². The lowest BCUT2D eigenvalue weighted by atomic mass is 9.83. The number of aromatic nitrogens is 1. The molecule has 0 radical (unpaired) electrons. The zero-order chi connectivity index (χ0) is 20.5. The Balaban J connectivity index is 1.96. The van der Waals surface area contributed by atoms with Gasteiger partial charge >= 0.3 is 0 Å². The number of ether oxygens (including phenoxy) is 1. The molecule has 0 saturated heterocycles. The number of hydrogen-bond donors (Lipinski definition) is 1. The van der Waals surface area contributed by atoms with Crippen molar-refractivity contribution in [2.24, 2.45) is 10.7 Å². The van der Waals surface area contributed by atoms with E-state index in [1.165, 1.54) is 30.0 Å². The third-order valence-corrected chi connectivity index (χ3v) is 5.79. The number of methoxy groups -OCH3 is 1. The lowest BCUT2D eigenvalue weighted by Gasteiger charge is -2.40. The number of pyridine rings is 1. The van der Waals surface area contributed by atoms with Crippen molar-refractivity contribution in [3.63, 3.8) is 0 Å². The van der Waals surface area contributed by atoms with Crippen LogP contribution in [0.3, 0.4) is 0 Å². The number of amidine groups is 1. The Morgan fingerprint density at radius 3 is 2.71 bits per heavy atom. The lowest BCUT2D eigenvalue weighted by molar-refractivity contribution is 0.0407. The van der Waals surface area contributed by atoms with Gasteiger partial charge in [-0.3, -0.25) is 9.78 Å². The third-order valence-electron chi connectivity index (χ3n) is 4.84. The Morgan fingerprint density at radius 2 is 2.07 bits per heavy atom. The Kier molecular flexibility index (Phi) is 5.81. The number of thioether (sulfide) groups is 1. The number of hydrogen-bond acceptors (Lipinski definition) is 6. The zero-order valence-corrected chi connectivity index (χ0v) is 16.6. The van der Waals surface area contributed by atoms with Gasteiger partial charge in [-0.1, -0.05) is 24.8 Å². The molecule has 0 amide bonds. The summed E-state index contributed by atoms with van der Waals surface area (Å²) in [5.41, 5.74) is 5.99. The van der Waals surface area contributed by atoms with Crippen molar-refractivity contribution in [3.05, 3.63) is 65.0 Å². The second-order valence-corrected chi connectivity index (χ2v) is 8.25. The average Bonchev–Trinajstić information content (AvgIpc) is 2.63. The molecule has 3 atom stereocenters. The van der Waals surface area contributed by atoms with Gasteiger partial charge < -0.3 is 10.5 Å². The van der Waals surface area contributed by atoms with E-state index in [1.807, 2.05) is 6.92 Å². The molecule has 0 unspecified atom stereocenters. The molecule has 8 heteroatoms. The summed E-state index contributed by atoms with van der Waals surface area (Å²) >= 11 is 1.38. The molecule has 2 aromatic rings. The van der Waals surface area contributed by atoms with Gasteiger partial charge in [0.2, 0.25) is 0 Å². The molecule has 1 aliphatic rings. The van der Waals surface area contributed by atoms with Crippen LogP contribution in [-0.4, -0.2) is 34.4 Å². The molecule has 1 aliphatic heterocycles. The normalized spacial score (nSPS) is 24.7. The molecule has 5 nitrogen and oxygen atoms in total. The van der Waals surface area contributed by atoms with E-state index in [0.29, 0.717) is 16.3 Å². The largest absolute Gasteiger partial charge is 0.379 e. The second kappa shape index (κ2) is 7.97. The van der Waals surface area contributed by atoms with Crippen LogP contribution in [0.15, 0.2) is 41.5 Å². The van der Waals surface area contributed by atoms with Gasteiger partial charge in [0.15, 0.2) is 11.0 Å². The highest BCUT2D eigenvalue weighted by molar-refractivity contribution is 8.14. The molecule has 2 heterocycles. The number of ketones is 1. The highest BCUT2D eigenvalue weighted by Gasteiger charge is 2.45. The molecule has 148 valence electrons. The first-order chi connectivity index (χ1) is 13.2. The number of carbonyl (C=O) groups is 1. The van der Waals surface area contributed by atoms with Crippen LogP contribution in [-0.2, 0) is 16.7 Å². The Hall–Kier alpha value is -2.32. The van der Waals surface area contributed by atoms with Crippen molar-refractivity contribution in [2.45, 2.75) is 37.2 Å². The maximum atomic E-state index is 14.8. The summed E-state index contributed by atoms with van der Waals surface area (Å²) in [6.07, 6.45) is 0.596. The van der Waals surface area contributed by atoms with Crippen molar-refractivity contribution in [2.75, 3.05) is 7.11 Å². The van der Waals surface area contributed by atoms with Crippen LogP contribution in [0, 0.1) is 11.6 Å². The molecule has 0 spiro atoms. The predicted molar refractivity (Wildman–Crippen MR) is 105 cm³/mol. The van der Waals surface area contributed by atoms with Crippen molar-refractivity contribution in [1.82, 2.24) is 4.98 Å². The smallest absolute Gasteiger partial charge is 0.185 e. The minimum Gasteiger partial charge on any atom is -0.379 e. The fourth-order valence-electron chi connectivity index (χ4n) is 3.55. The van der Waals surface area contributed by atoms with Gasteiger partial charge in [0, 0.05) is 24.3 Å². The van der Waals surface area contributed by atoms with E-state index in [2.05, 4.69) is 9.98 Å². The molecule has 1 aromatic carbocycles. The van der Waals surface area contributed by atoms with Crippen LogP contribution in [0.4, 0.5) is 8.78 Å². The maximum absolute atomic E-state index is 14.8. The Bertz CT molecular complexity index is 920. The summed E-state index contributed by atoms with van der Waals surface area (Å²) in [6.45, 7) is 3.72. The van der Waals surface area contributed by atoms with E-state index in [9.17, 15) is 13.6 Å². The number of halogens is 2. The first-order valence-electron chi connectivity index (χ1n) is 8.73. The first-order valence-corrected chi connectivity index (χ1v) is 9.61. The molecule has 0 aliphatic carbocycles. The zero-order valence-electron chi connectivity index (χ0n) is 15.8. The summed E-state index contributed by atoms with van der Waals surface area (Å²) in [4.78, 5) is 20.7. The van der Waals surface area contributed by atoms with Gasteiger partial charge in [0.25, 0.3) is 0 Å². The number of carbonyl (C=O) groups excluding carboxylic acids is 1. The molecule has 2 N–H and O–H groups in total. The van der Waals surface area contributed by atoms with Crippen molar-refractivity contribution >= 4 is 22.7 Å². The van der Waals surface area contributed by atoms with E-state index in [4.69, 9.17) is 10.5 Å². The lowest BCUT2D eigenvalue weighted by Crippen LogP contribution is -2.48. The highest BCUT2D eigenvalue weighted by Crippen LogP contribution is 2.41. The molecule has 28 heavy (non-hydrogen) atoms. The fraction of sp³-hybridized carbons (Fsp3) is 0.350. The van der Waals surface area contributed by atoms with Gasteiger partial charge in [-0.15, -0.1) is 0 Å². The van der Waals surface area contributed by atoms with Crippen LogP contribution in [0.2, 0.25) is 0 Å². The van der Waals surface area contributed by atoms with Gasteiger partial charge in [0.1, 0.15) is 22.9 Å². The minimum atomic E-state index is -1.03. The van der Waals surface area contributed by atoms with Crippen LogP contribution in [0.5, 0.6) is 0 Å². The topological polar surface area (TPSA) is 77.6 Å². The molecular weight excluding hydrogens is 384 g/mol. The molecule has 0 bridgehead atoms. The van der Waals surface area contributed by atoms with E-state index >= 15 is 0 Å². The van der Waals surface area contributed by atoms with Crippen molar-refractivity contribution < 1.29 is 18.3 Å². The summed E-state index contributed by atoms with van der Waals surface area (Å²) in [5.74, 6) is -1.25. The minimum absolute atomic E-state index is 0.00312. The standard InChI is InChI=1S/C20H21F2N3O2S/c1-11-18(27-3)20(2,25-19(23)28-11)14-8-12(4-6-15(14)22)9-17(26)16-7-5-13(21)10-24-16/h4-8,10-11,18H,9H2,1-3H3,(H2,23,25)/t11-,18+,20-/m1/s1. The number of nitrogens with two attached hydrogens (primary N) is 1. The van der Waals surface area contributed by atoms with Crippen LogP contribution in [0.1, 0.15) is 35.5 Å². The molecule has 1 aromatic heterocycles. The molecule has 0 saturated carbocycles. The number of Topliss-reactive ketones (excluding diaryl/α,β-unsaturated/α-hetero) is 1.